The topological polar surface area (TPSA) is 104 Å². The predicted octanol–water partition coefficient (Wildman–Crippen LogP) is 3.01. The van der Waals surface area contributed by atoms with Gasteiger partial charge in [0.2, 0.25) is 15.8 Å². The molecule has 2 aromatic rings. The van der Waals surface area contributed by atoms with Crippen LogP contribution in [0.25, 0.3) is 0 Å². The first kappa shape index (κ1) is 26.7. The van der Waals surface area contributed by atoms with E-state index in [4.69, 9.17) is 9.47 Å². The maximum atomic E-state index is 14.0. The summed E-state index contributed by atoms with van der Waals surface area (Å²) in [4.78, 5) is 24.8. The number of aromatic nitrogens is 1. The van der Waals surface area contributed by atoms with Gasteiger partial charge in [-0.2, -0.15) is 4.72 Å². The summed E-state index contributed by atoms with van der Waals surface area (Å²) < 4.78 is 53.6. The Kier molecular flexibility index (Phi) is 9.33. The first-order valence-corrected chi connectivity index (χ1v) is 12.1. The van der Waals surface area contributed by atoms with Crippen LogP contribution in [0.15, 0.2) is 35.2 Å². The second-order valence-electron chi connectivity index (χ2n) is 8.09. The molecule has 1 aromatic heterocycles. The van der Waals surface area contributed by atoms with Crippen molar-refractivity contribution in [1.29, 1.82) is 0 Å². The van der Waals surface area contributed by atoms with Crippen LogP contribution in [0.1, 0.15) is 42.0 Å². The SMILES string of the molecule is COCCCn1c(C)cc(C(=O)COC(=O)[C@@H](NS(=O)(=O)c2ccccc2F)C(C)C)c1C. The first-order chi connectivity index (χ1) is 15.5. The monoisotopic (exact) mass is 482 g/mol. The molecule has 0 fully saturated rings. The molecule has 2 rings (SSSR count). The molecule has 0 saturated heterocycles. The first-order valence-electron chi connectivity index (χ1n) is 10.6. The highest BCUT2D eigenvalue weighted by atomic mass is 32.2. The van der Waals surface area contributed by atoms with Crippen molar-refractivity contribution in [3.8, 4) is 0 Å². The molecule has 0 amide bonds. The Labute approximate surface area is 194 Å². The lowest BCUT2D eigenvalue weighted by Crippen LogP contribution is -2.45. The van der Waals surface area contributed by atoms with Gasteiger partial charge in [-0.05, 0) is 44.4 Å². The van der Waals surface area contributed by atoms with Crippen molar-refractivity contribution in [2.45, 2.75) is 51.6 Å². The molecule has 1 aromatic carbocycles. The summed E-state index contributed by atoms with van der Waals surface area (Å²) in [5.74, 6) is -2.74. The molecule has 1 N–H and O–H groups in total. The summed E-state index contributed by atoms with van der Waals surface area (Å²) in [6.45, 7) is 7.68. The molecule has 0 radical (unpaired) electrons. The fourth-order valence-electron chi connectivity index (χ4n) is 3.45. The Morgan fingerprint density at radius 2 is 1.85 bits per heavy atom. The summed E-state index contributed by atoms with van der Waals surface area (Å²) in [5, 5.41) is 0. The molecule has 1 atom stereocenters. The van der Waals surface area contributed by atoms with E-state index in [0.717, 1.165) is 29.9 Å². The highest BCUT2D eigenvalue weighted by Gasteiger charge is 2.31. The third-order valence-electron chi connectivity index (χ3n) is 5.28. The number of esters is 1. The Bertz CT molecular complexity index is 1090. The summed E-state index contributed by atoms with van der Waals surface area (Å²) in [7, 11) is -2.69. The number of Topliss-reactive ketones (excluding diaryl/α,β-unsaturated/α-hetero) is 1. The molecule has 0 aliphatic heterocycles. The molecule has 1 heterocycles. The van der Waals surface area contributed by atoms with Gasteiger partial charge in [-0.1, -0.05) is 26.0 Å². The fourth-order valence-corrected chi connectivity index (χ4v) is 4.86. The second kappa shape index (κ2) is 11.5. The standard InChI is InChI=1S/C23H31FN2O6S/c1-15(2)22(25-33(29,30)21-10-7-6-9-19(21)24)23(28)32-14-20(27)18-13-16(3)26(17(18)4)11-8-12-31-5/h6-7,9-10,13,15,22,25H,8,11-12,14H2,1-5H3/t22-/m0/s1. The van der Waals surface area contributed by atoms with Crippen LogP contribution >= 0.6 is 0 Å². The van der Waals surface area contributed by atoms with Crippen molar-refractivity contribution in [3.63, 3.8) is 0 Å². The molecule has 8 nitrogen and oxygen atoms in total. The minimum atomic E-state index is -4.32. The van der Waals surface area contributed by atoms with Crippen LogP contribution in [0, 0.1) is 25.6 Å². The zero-order valence-corrected chi connectivity index (χ0v) is 20.4. The number of nitrogens with zero attached hydrogens (tertiary/aromatic N) is 1. The average molecular weight is 483 g/mol. The van der Waals surface area contributed by atoms with E-state index in [-0.39, 0.29) is 0 Å². The highest BCUT2D eigenvalue weighted by molar-refractivity contribution is 7.89. The van der Waals surface area contributed by atoms with Gasteiger partial charge in [-0.15, -0.1) is 0 Å². The number of rotatable bonds is 12. The van der Waals surface area contributed by atoms with Crippen LogP contribution in [0.2, 0.25) is 0 Å². The minimum Gasteiger partial charge on any atom is -0.456 e. The summed E-state index contributed by atoms with van der Waals surface area (Å²) >= 11 is 0. The Morgan fingerprint density at radius 1 is 1.18 bits per heavy atom. The number of nitrogens with one attached hydrogen (secondary N) is 1. The third kappa shape index (κ3) is 6.72. The van der Waals surface area contributed by atoms with Crippen LogP contribution in [0.4, 0.5) is 4.39 Å². The van der Waals surface area contributed by atoms with Crippen molar-refractivity contribution in [2.75, 3.05) is 20.3 Å². The minimum absolute atomic E-state index is 0.395. The van der Waals surface area contributed by atoms with E-state index in [1.807, 2.05) is 18.4 Å². The largest absolute Gasteiger partial charge is 0.456 e. The molecule has 0 unspecified atom stereocenters. The van der Waals surface area contributed by atoms with Crippen LogP contribution in [0.5, 0.6) is 0 Å². The highest BCUT2D eigenvalue weighted by Crippen LogP contribution is 2.18. The molecule has 0 aliphatic rings. The van der Waals surface area contributed by atoms with Gasteiger partial charge in [0.15, 0.2) is 6.61 Å². The number of methoxy groups -OCH3 is 1. The molecular formula is C23H31FN2O6S. The van der Waals surface area contributed by atoms with Crippen molar-refractivity contribution in [1.82, 2.24) is 9.29 Å². The lowest BCUT2D eigenvalue weighted by atomic mass is 10.1. The number of carbonyl (C=O) groups is 2. The number of carbonyl (C=O) groups excluding carboxylic acids is 2. The van der Waals surface area contributed by atoms with Gasteiger partial charge < -0.3 is 14.0 Å². The number of hydrogen-bond donors (Lipinski definition) is 1. The van der Waals surface area contributed by atoms with Crippen LogP contribution in [0.3, 0.4) is 0 Å². The molecule has 10 heteroatoms. The van der Waals surface area contributed by atoms with Gasteiger partial charge in [0.25, 0.3) is 0 Å². The number of halogens is 1. The van der Waals surface area contributed by atoms with E-state index in [0.29, 0.717) is 18.7 Å². The van der Waals surface area contributed by atoms with Gasteiger partial charge in [0.1, 0.15) is 16.8 Å². The number of ether oxygens (including phenoxy) is 2. The van der Waals surface area contributed by atoms with Crippen molar-refractivity contribution < 1.29 is 31.9 Å². The Hall–Kier alpha value is -2.56. The van der Waals surface area contributed by atoms with Crippen LogP contribution in [-0.2, 0) is 30.8 Å². The van der Waals surface area contributed by atoms with Crippen molar-refractivity contribution in [2.24, 2.45) is 5.92 Å². The predicted molar refractivity (Wildman–Crippen MR) is 121 cm³/mol. The molecule has 0 aliphatic carbocycles. The molecule has 0 bridgehead atoms. The molecule has 0 spiro atoms. The normalized spacial score (nSPS) is 12.7. The number of aryl methyl sites for hydroxylation is 1. The average Bonchev–Trinajstić information content (AvgIpc) is 3.04. The number of hydrogen-bond acceptors (Lipinski definition) is 6. The molecule has 182 valence electrons. The van der Waals surface area contributed by atoms with Gasteiger partial charge >= 0.3 is 5.97 Å². The van der Waals surface area contributed by atoms with Crippen molar-refractivity contribution >= 4 is 21.8 Å². The maximum Gasteiger partial charge on any atom is 0.324 e. The molecule has 0 saturated carbocycles. The van der Waals surface area contributed by atoms with Crippen LogP contribution in [-0.4, -0.2) is 51.1 Å². The lowest BCUT2D eigenvalue weighted by molar-refractivity contribution is -0.145. The van der Waals surface area contributed by atoms with E-state index in [9.17, 15) is 22.4 Å². The van der Waals surface area contributed by atoms with Crippen LogP contribution < -0.4 is 4.72 Å². The summed E-state index contributed by atoms with van der Waals surface area (Å²) in [5.41, 5.74) is 2.09. The van der Waals surface area contributed by atoms with E-state index < -0.39 is 51.1 Å². The maximum absolute atomic E-state index is 14.0. The number of sulfonamides is 1. The Balaban J connectivity index is 2.09. The van der Waals surface area contributed by atoms with Gasteiger partial charge in [-0.25, -0.2) is 12.8 Å². The third-order valence-corrected chi connectivity index (χ3v) is 6.75. The zero-order valence-electron chi connectivity index (χ0n) is 19.6. The van der Waals surface area contributed by atoms with Gasteiger partial charge in [0.05, 0.1) is 0 Å². The van der Waals surface area contributed by atoms with E-state index in [2.05, 4.69) is 4.72 Å². The van der Waals surface area contributed by atoms with E-state index in [1.54, 1.807) is 27.0 Å². The summed E-state index contributed by atoms with van der Waals surface area (Å²) in [6, 6.07) is 5.31. The van der Waals surface area contributed by atoms with E-state index >= 15 is 0 Å². The zero-order chi connectivity index (χ0) is 24.8. The Morgan fingerprint density at radius 3 is 2.45 bits per heavy atom. The second-order valence-corrected chi connectivity index (χ2v) is 9.77. The summed E-state index contributed by atoms with van der Waals surface area (Å²) in [6.07, 6.45) is 0.785. The molecule has 33 heavy (non-hydrogen) atoms. The smallest absolute Gasteiger partial charge is 0.324 e. The quantitative estimate of drug-likeness (QED) is 0.283. The number of benzene rings is 1. The van der Waals surface area contributed by atoms with Crippen molar-refractivity contribution in [3.05, 3.63) is 53.1 Å². The number of ketones is 1. The van der Waals surface area contributed by atoms with Gasteiger partial charge in [-0.3, -0.25) is 9.59 Å². The van der Waals surface area contributed by atoms with Gasteiger partial charge in [0, 0.05) is 37.2 Å². The molecular weight excluding hydrogens is 451 g/mol. The lowest BCUT2D eigenvalue weighted by Gasteiger charge is -2.20. The van der Waals surface area contributed by atoms with E-state index in [1.165, 1.54) is 12.1 Å². The fraction of sp³-hybridized carbons (Fsp3) is 0.478.